The van der Waals surface area contributed by atoms with Crippen molar-refractivity contribution < 1.29 is 18.0 Å². The molecular formula is C14H15F3OS. The van der Waals surface area contributed by atoms with Gasteiger partial charge in [0.1, 0.15) is 0 Å². The molecule has 1 nitrogen and oxygen atoms in total. The van der Waals surface area contributed by atoms with Crippen molar-refractivity contribution in [1.29, 1.82) is 0 Å². The normalized spacial score (nSPS) is 16.8. The summed E-state index contributed by atoms with van der Waals surface area (Å²) >= 11 is 1.49. The van der Waals surface area contributed by atoms with Crippen LogP contribution in [0.3, 0.4) is 0 Å². The summed E-state index contributed by atoms with van der Waals surface area (Å²) in [5.74, 6) is -0.289. The Morgan fingerprint density at radius 1 is 1.21 bits per heavy atom. The number of halogens is 3. The fourth-order valence-corrected chi connectivity index (χ4v) is 3.51. The van der Waals surface area contributed by atoms with Crippen LogP contribution in [0.2, 0.25) is 0 Å². The summed E-state index contributed by atoms with van der Waals surface area (Å²) in [6.07, 6.45) is -0.0159. The second-order valence-electron chi connectivity index (χ2n) is 4.68. The van der Waals surface area contributed by atoms with Gasteiger partial charge in [-0.2, -0.15) is 24.9 Å². The molecule has 19 heavy (non-hydrogen) atoms. The lowest BCUT2D eigenvalue weighted by Crippen LogP contribution is -2.15. The zero-order chi connectivity index (χ0) is 13.9. The lowest BCUT2D eigenvalue weighted by molar-refractivity contribution is -0.137. The first-order chi connectivity index (χ1) is 8.98. The second-order valence-corrected chi connectivity index (χ2v) is 5.97. The molecule has 0 N–H and O–H groups in total. The summed E-state index contributed by atoms with van der Waals surface area (Å²) in [6.45, 7) is 0. The Labute approximate surface area is 114 Å². The number of hydrogen-bond donors (Lipinski definition) is 0. The van der Waals surface area contributed by atoms with E-state index in [4.69, 9.17) is 0 Å². The van der Waals surface area contributed by atoms with Crippen molar-refractivity contribution in [3.05, 3.63) is 35.4 Å². The Balaban J connectivity index is 2.06. The van der Waals surface area contributed by atoms with E-state index >= 15 is 0 Å². The van der Waals surface area contributed by atoms with Crippen LogP contribution in [0.5, 0.6) is 0 Å². The summed E-state index contributed by atoms with van der Waals surface area (Å²) in [7, 11) is 0. The van der Waals surface area contributed by atoms with Crippen LogP contribution in [0, 0.1) is 0 Å². The standard InChI is InChI=1S/C14H15F3OS/c15-14(16,17)12-8-4-3-7-11(12)13(18)9-19-10-5-1-2-6-10/h3-4,7-8,10H,1-2,5-6,9H2. The minimum atomic E-state index is -4.47. The quantitative estimate of drug-likeness (QED) is 0.755. The topological polar surface area (TPSA) is 17.1 Å². The van der Waals surface area contributed by atoms with E-state index in [9.17, 15) is 18.0 Å². The molecule has 2 rings (SSSR count). The first-order valence-corrected chi connectivity index (χ1v) is 7.34. The molecule has 0 aromatic heterocycles. The van der Waals surface area contributed by atoms with Gasteiger partial charge >= 0.3 is 6.18 Å². The molecule has 0 heterocycles. The van der Waals surface area contributed by atoms with Crippen molar-refractivity contribution in [2.45, 2.75) is 37.1 Å². The van der Waals surface area contributed by atoms with Gasteiger partial charge in [-0.1, -0.05) is 31.0 Å². The average molecular weight is 288 g/mol. The molecule has 1 fully saturated rings. The molecular weight excluding hydrogens is 273 g/mol. The fourth-order valence-electron chi connectivity index (χ4n) is 2.30. The highest BCUT2D eigenvalue weighted by Crippen LogP contribution is 2.34. The highest BCUT2D eigenvalue weighted by molar-refractivity contribution is 8.00. The number of rotatable bonds is 4. The van der Waals surface area contributed by atoms with Crippen molar-refractivity contribution in [1.82, 2.24) is 0 Å². The van der Waals surface area contributed by atoms with E-state index in [2.05, 4.69) is 0 Å². The Kier molecular flexibility index (Phi) is 4.55. The molecule has 0 aliphatic heterocycles. The number of benzene rings is 1. The third-order valence-corrected chi connectivity index (χ3v) is 4.66. The van der Waals surface area contributed by atoms with E-state index in [-0.39, 0.29) is 11.3 Å². The van der Waals surface area contributed by atoms with Gasteiger partial charge in [-0.3, -0.25) is 4.79 Å². The number of Topliss-reactive ketones (excluding diaryl/α,β-unsaturated/α-hetero) is 1. The van der Waals surface area contributed by atoms with Crippen molar-refractivity contribution in [2.75, 3.05) is 5.75 Å². The lowest BCUT2D eigenvalue weighted by atomic mass is 10.0. The lowest BCUT2D eigenvalue weighted by Gasteiger charge is -2.12. The summed E-state index contributed by atoms with van der Waals surface area (Å²) < 4.78 is 38.4. The van der Waals surface area contributed by atoms with Gasteiger partial charge in [0.25, 0.3) is 0 Å². The van der Waals surface area contributed by atoms with Gasteiger partial charge < -0.3 is 0 Å². The van der Waals surface area contributed by atoms with Gasteiger partial charge in [0.15, 0.2) is 5.78 Å². The molecule has 104 valence electrons. The number of alkyl halides is 3. The molecule has 0 unspecified atom stereocenters. The molecule has 5 heteroatoms. The number of carbonyl (C=O) groups is 1. The highest BCUT2D eigenvalue weighted by Gasteiger charge is 2.34. The van der Waals surface area contributed by atoms with Gasteiger partial charge in [-0.05, 0) is 18.9 Å². The monoisotopic (exact) mass is 288 g/mol. The Hall–Kier alpha value is -0.970. The second kappa shape index (κ2) is 5.99. The van der Waals surface area contributed by atoms with Crippen molar-refractivity contribution >= 4 is 17.5 Å². The Bertz CT molecular complexity index is 450. The molecule has 1 aliphatic carbocycles. The van der Waals surface area contributed by atoms with Crippen LogP contribution >= 0.6 is 11.8 Å². The fraction of sp³-hybridized carbons (Fsp3) is 0.500. The first kappa shape index (κ1) is 14.4. The Morgan fingerprint density at radius 2 is 1.84 bits per heavy atom. The first-order valence-electron chi connectivity index (χ1n) is 6.29. The van der Waals surface area contributed by atoms with E-state index in [1.165, 1.54) is 30.0 Å². The van der Waals surface area contributed by atoms with Crippen LogP contribution in [-0.4, -0.2) is 16.8 Å². The van der Waals surface area contributed by atoms with Crippen LogP contribution in [-0.2, 0) is 6.18 Å². The van der Waals surface area contributed by atoms with E-state index in [0.717, 1.165) is 31.7 Å². The average Bonchev–Trinajstić information content (AvgIpc) is 2.88. The van der Waals surface area contributed by atoms with E-state index < -0.39 is 17.5 Å². The van der Waals surface area contributed by atoms with Gasteiger partial charge in [-0.15, -0.1) is 0 Å². The largest absolute Gasteiger partial charge is 0.417 e. The highest BCUT2D eigenvalue weighted by atomic mass is 32.2. The third kappa shape index (κ3) is 3.75. The molecule has 0 atom stereocenters. The predicted molar refractivity (Wildman–Crippen MR) is 70.5 cm³/mol. The maximum Gasteiger partial charge on any atom is 0.417 e. The zero-order valence-corrected chi connectivity index (χ0v) is 11.2. The van der Waals surface area contributed by atoms with Gasteiger partial charge in [-0.25, -0.2) is 0 Å². The number of carbonyl (C=O) groups excluding carboxylic acids is 1. The summed E-state index contributed by atoms with van der Waals surface area (Å²) in [5, 5.41) is 0.432. The van der Waals surface area contributed by atoms with Gasteiger partial charge in [0.2, 0.25) is 0 Å². The molecule has 1 aromatic rings. The number of ketones is 1. The minimum absolute atomic E-state index is 0.137. The number of hydrogen-bond acceptors (Lipinski definition) is 2. The van der Waals surface area contributed by atoms with E-state index in [1.807, 2.05) is 0 Å². The summed E-state index contributed by atoms with van der Waals surface area (Å²) in [4.78, 5) is 11.9. The van der Waals surface area contributed by atoms with Crippen molar-refractivity contribution in [3.63, 3.8) is 0 Å². The van der Waals surface area contributed by atoms with Crippen molar-refractivity contribution in [3.8, 4) is 0 Å². The molecule has 1 saturated carbocycles. The third-order valence-electron chi connectivity index (χ3n) is 3.29. The van der Waals surface area contributed by atoms with Crippen LogP contribution in [0.4, 0.5) is 13.2 Å². The smallest absolute Gasteiger partial charge is 0.293 e. The summed E-state index contributed by atoms with van der Waals surface area (Å²) in [5.41, 5.74) is -1.03. The maximum absolute atomic E-state index is 12.8. The van der Waals surface area contributed by atoms with E-state index in [0.29, 0.717) is 5.25 Å². The van der Waals surface area contributed by atoms with Crippen LogP contribution < -0.4 is 0 Å². The molecule has 0 radical (unpaired) electrons. The number of thioether (sulfide) groups is 1. The molecule has 0 amide bonds. The predicted octanol–water partition coefficient (Wildman–Crippen LogP) is 4.56. The van der Waals surface area contributed by atoms with Crippen molar-refractivity contribution in [2.24, 2.45) is 0 Å². The molecule has 0 spiro atoms. The van der Waals surface area contributed by atoms with E-state index in [1.54, 1.807) is 0 Å². The van der Waals surface area contributed by atoms with Gasteiger partial charge in [0.05, 0.1) is 11.3 Å². The molecule has 1 aromatic carbocycles. The minimum Gasteiger partial charge on any atom is -0.293 e. The molecule has 0 saturated heterocycles. The van der Waals surface area contributed by atoms with Gasteiger partial charge in [0, 0.05) is 10.8 Å². The van der Waals surface area contributed by atoms with Crippen LogP contribution in [0.25, 0.3) is 0 Å². The molecule has 0 bridgehead atoms. The molecule has 1 aliphatic rings. The summed E-state index contributed by atoms with van der Waals surface area (Å²) in [6, 6.07) is 5.01. The van der Waals surface area contributed by atoms with Crippen LogP contribution in [0.15, 0.2) is 24.3 Å². The maximum atomic E-state index is 12.8. The SMILES string of the molecule is O=C(CSC1CCCC1)c1ccccc1C(F)(F)F. The Morgan fingerprint density at radius 3 is 2.47 bits per heavy atom. The zero-order valence-electron chi connectivity index (χ0n) is 10.4. The van der Waals surface area contributed by atoms with Crippen LogP contribution in [0.1, 0.15) is 41.6 Å².